The van der Waals surface area contributed by atoms with Crippen molar-refractivity contribution in [2.24, 2.45) is 35.3 Å². The van der Waals surface area contributed by atoms with Crippen molar-refractivity contribution in [3.8, 4) is 0 Å². The summed E-state index contributed by atoms with van der Waals surface area (Å²) in [7, 11) is 0. The number of halogens is 1. The third-order valence-corrected chi connectivity index (χ3v) is 4.69. The van der Waals surface area contributed by atoms with Crippen molar-refractivity contribution in [1.29, 1.82) is 0 Å². The molecule has 4 aliphatic rings. The fourth-order valence-corrected chi connectivity index (χ4v) is 4.42. The molecule has 0 heterocycles. The zero-order valence-electron chi connectivity index (χ0n) is 8.11. The van der Waals surface area contributed by atoms with Crippen LogP contribution >= 0.6 is 12.4 Å². The number of nitrogens with two attached hydrogens (primary N) is 1. The maximum absolute atomic E-state index is 5.85. The van der Waals surface area contributed by atoms with Gasteiger partial charge in [-0.15, -0.1) is 12.4 Å². The second-order valence-electron chi connectivity index (χ2n) is 5.33. The van der Waals surface area contributed by atoms with Crippen molar-refractivity contribution in [1.82, 2.24) is 0 Å². The summed E-state index contributed by atoms with van der Waals surface area (Å²) in [6.07, 6.45) is 7.65. The second kappa shape index (κ2) is 3.43. The maximum Gasteiger partial charge on any atom is -0.00436 e. The average molecular weight is 202 g/mol. The van der Waals surface area contributed by atoms with E-state index < -0.39 is 0 Å². The Hall–Kier alpha value is 0.250. The van der Waals surface area contributed by atoms with Gasteiger partial charge in [0.2, 0.25) is 0 Å². The molecule has 0 amide bonds. The lowest BCUT2D eigenvalue weighted by atomic mass is 9.52. The third-order valence-electron chi connectivity index (χ3n) is 4.69. The van der Waals surface area contributed by atoms with E-state index in [1.54, 1.807) is 6.42 Å². The molecule has 2 N–H and O–H groups in total. The fourth-order valence-electron chi connectivity index (χ4n) is 4.42. The van der Waals surface area contributed by atoms with Gasteiger partial charge in [-0.25, -0.2) is 0 Å². The normalized spacial score (nSPS) is 51.9. The summed E-state index contributed by atoms with van der Waals surface area (Å²) in [5.74, 6) is 5.20. The molecule has 4 fully saturated rings. The van der Waals surface area contributed by atoms with Crippen LogP contribution in [-0.2, 0) is 0 Å². The summed E-state index contributed by atoms with van der Waals surface area (Å²) in [4.78, 5) is 0. The molecule has 4 bridgehead atoms. The molecule has 0 atom stereocenters. The molecule has 13 heavy (non-hydrogen) atoms. The minimum atomic E-state index is 0. The standard InChI is InChI=1S/C11H19N.ClH/c12-6-11-9-2-7-1-8(4-9)5-10(11)3-7;/h7-11H,1-6,12H2;1H. The highest BCUT2D eigenvalue weighted by atomic mass is 35.5. The van der Waals surface area contributed by atoms with E-state index in [0.717, 1.165) is 36.1 Å². The van der Waals surface area contributed by atoms with Gasteiger partial charge in [0.05, 0.1) is 0 Å². The molecule has 0 aromatic carbocycles. The van der Waals surface area contributed by atoms with Crippen molar-refractivity contribution < 1.29 is 0 Å². The van der Waals surface area contributed by atoms with Gasteiger partial charge in [-0.3, -0.25) is 0 Å². The first-order chi connectivity index (χ1) is 5.86. The first-order valence-corrected chi connectivity index (χ1v) is 5.57. The Labute approximate surface area is 86.9 Å². The fraction of sp³-hybridized carbons (Fsp3) is 1.00. The molecule has 4 aliphatic carbocycles. The van der Waals surface area contributed by atoms with Crippen molar-refractivity contribution in [3.05, 3.63) is 0 Å². The Kier molecular flexibility index (Phi) is 2.59. The van der Waals surface area contributed by atoms with Gasteiger partial charge < -0.3 is 5.73 Å². The monoisotopic (exact) mass is 201 g/mol. The summed E-state index contributed by atoms with van der Waals surface area (Å²) in [6.45, 7) is 0.967. The molecule has 0 aromatic heterocycles. The van der Waals surface area contributed by atoms with Crippen LogP contribution in [0.15, 0.2) is 0 Å². The second-order valence-corrected chi connectivity index (χ2v) is 5.33. The highest BCUT2D eigenvalue weighted by molar-refractivity contribution is 5.85. The van der Waals surface area contributed by atoms with Gasteiger partial charge in [0.1, 0.15) is 0 Å². The molecule has 4 rings (SSSR count). The van der Waals surface area contributed by atoms with Gasteiger partial charge >= 0.3 is 0 Å². The van der Waals surface area contributed by atoms with Crippen LogP contribution < -0.4 is 5.73 Å². The van der Waals surface area contributed by atoms with Gasteiger partial charge in [-0.05, 0) is 68.2 Å². The molecule has 1 nitrogen and oxygen atoms in total. The minimum Gasteiger partial charge on any atom is -0.330 e. The first-order valence-electron chi connectivity index (χ1n) is 5.57. The smallest absolute Gasteiger partial charge is 0.00436 e. The summed E-state index contributed by atoms with van der Waals surface area (Å²) in [6, 6.07) is 0. The van der Waals surface area contributed by atoms with Gasteiger partial charge in [-0.1, -0.05) is 0 Å². The first kappa shape index (κ1) is 9.79. The zero-order chi connectivity index (χ0) is 8.13. The average Bonchev–Trinajstić information content (AvgIpc) is 2.02. The Morgan fingerprint density at radius 3 is 1.69 bits per heavy atom. The zero-order valence-corrected chi connectivity index (χ0v) is 8.93. The van der Waals surface area contributed by atoms with E-state index in [1.807, 2.05) is 0 Å². The van der Waals surface area contributed by atoms with Crippen LogP contribution in [0.1, 0.15) is 32.1 Å². The van der Waals surface area contributed by atoms with Crippen LogP contribution in [0.25, 0.3) is 0 Å². The van der Waals surface area contributed by atoms with E-state index in [4.69, 9.17) is 5.73 Å². The Morgan fingerprint density at radius 1 is 0.846 bits per heavy atom. The van der Waals surface area contributed by atoms with E-state index >= 15 is 0 Å². The summed E-state index contributed by atoms with van der Waals surface area (Å²) in [5.41, 5.74) is 5.85. The summed E-state index contributed by atoms with van der Waals surface area (Å²) >= 11 is 0. The molecule has 76 valence electrons. The predicted octanol–water partition coefficient (Wildman–Crippen LogP) is 2.44. The van der Waals surface area contributed by atoms with Gasteiger partial charge in [0.25, 0.3) is 0 Å². The van der Waals surface area contributed by atoms with Crippen LogP contribution in [0, 0.1) is 29.6 Å². The molecule has 0 unspecified atom stereocenters. The predicted molar refractivity (Wildman–Crippen MR) is 56.8 cm³/mol. The van der Waals surface area contributed by atoms with E-state index in [-0.39, 0.29) is 12.4 Å². The summed E-state index contributed by atoms with van der Waals surface area (Å²) < 4.78 is 0. The Morgan fingerprint density at radius 2 is 1.31 bits per heavy atom. The highest BCUT2D eigenvalue weighted by Gasteiger charge is 2.47. The molecule has 0 saturated heterocycles. The lowest BCUT2D eigenvalue weighted by Gasteiger charge is -2.54. The Balaban J connectivity index is 0.000000653. The van der Waals surface area contributed by atoms with E-state index in [2.05, 4.69) is 0 Å². The number of hydrogen-bond acceptors (Lipinski definition) is 1. The molecular formula is C11H20ClN. The molecule has 2 heteroatoms. The van der Waals surface area contributed by atoms with Crippen molar-refractivity contribution in [2.75, 3.05) is 6.54 Å². The van der Waals surface area contributed by atoms with Gasteiger partial charge in [0, 0.05) is 0 Å². The molecular weight excluding hydrogens is 182 g/mol. The Bertz CT molecular complexity index is 165. The van der Waals surface area contributed by atoms with Crippen LogP contribution in [0.2, 0.25) is 0 Å². The lowest BCUT2D eigenvalue weighted by molar-refractivity contribution is -0.0322. The van der Waals surface area contributed by atoms with Crippen LogP contribution in [0.3, 0.4) is 0 Å². The van der Waals surface area contributed by atoms with E-state index in [9.17, 15) is 0 Å². The van der Waals surface area contributed by atoms with Crippen LogP contribution in [-0.4, -0.2) is 6.54 Å². The highest BCUT2D eigenvalue weighted by Crippen LogP contribution is 2.56. The van der Waals surface area contributed by atoms with Crippen molar-refractivity contribution in [3.63, 3.8) is 0 Å². The molecule has 0 aromatic rings. The van der Waals surface area contributed by atoms with Gasteiger partial charge in [-0.2, -0.15) is 0 Å². The van der Waals surface area contributed by atoms with Crippen LogP contribution in [0.4, 0.5) is 0 Å². The van der Waals surface area contributed by atoms with E-state index in [1.165, 1.54) is 25.7 Å². The largest absolute Gasteiger partial charge is 0.330 e. The minimum absolute atomic E-state index is 0. The summed E-state index contributed by atoms with van der Waals surface area (Å²) in [5, 5.41) is 0. The quantitative estimate of drug-likeness (QED) is 0.693. The molecule has 0 radical (unpaired) electrons. The van der Waals surface area contributed by atoms with Crippen LogP contribution in [0.5, 0.6) is 0 Å². The van der Waals surface area contributed by atoms with E-state index in [0.29, 0.717) is 0 Å². The lowest BCUT2D eigenvalue weighted by Crippen LogP contribution is -2.47. The number of rotatable bonds is 1. The number of hydrogen-bond donors (Lipinski definition) is 1. The van der Waals surface area contributed by atoms with Crippen molar-refractivity contribution in [2.45, 2.75) is 32.1 Å². The third kappa shape index (κ3) is 1.41. The maximum atomic E-state index is 5.85. The van der Waals surface area contributed by atoms with Crippen molar-refractivity contribution >= 4 is 12.4 Å². The SMILES string of the molecule is Cl.NCC1C2CC3CC(C2)CC1C3. The molecule has 0 spiro atoms. The molecule has 0 aliphatic heterocycles. The topological polar surface area (TPSA) is 26.0 Å². The van der Waals surface area contributed by atoms with Gasteiger partial charge in [0.15, 0.2) is 0 Å². The molecule has 4 saturated carbocycles.